The molecule has 2 aliphatic rings. The number of carbonyl (C=O) groups excluding carboxylic acids is 1. The van der Waals surface area contributed by atoms with Crippen LogP contribution in [-0.4, -0.2) is 24.0 Å². The number of aliphatic imine (C=N–C) groups is 1. The summed E-state index contributed by atoms with van der Waals surface area (Å²) in [5.74, 6) is 1.09. The normalized spacial score (nSPS) is 25.9. The molecule has 21 heavy (non-hydrogen) atoms. The number of halogens is 1. The van der Waals surface area contributed by atoms with Crippen molar-refractivity contribution in [2.24, 2.45) is 4.99 Å². The third kappa shape index (κ3) is 2.31. The van der Waals surface area contributed by atoms with Gasteiger partial charge >= 0.3 is 0 Å². The second-order valence-electron chi connectivity index (χ2n) is 6.01. The SMILES string of the molecule is CCNC1=NC(=O)C2(CC(C)(C)Oc3ccc(Br)cc32)N1. The average Bonchev–Trinajstić information content (AvgIpc) is 2.67. The third-order valence-electron chi connectivity index (χ3n) is 3.73. The van der Waals surface area contributed by atoms with Crippen LogP contribution in [0.2, 0.25) is 0 Å². The second-order valence-corrected chi connectivity index (χ2v) is 6.92. The lowest BCUT2D eigenvalue weighted by Gasteiger charge is -2.42. The summed E-state index contributed by atoms with van der Waals surface area (Å²) in [7, 11) is 0. The molecule has 1 aromatic carbocycles. The van der Waals surface area contributed by atoms with Gasteiger partial charge in [0.25, 0.3) is 5.91 Å². The summed E-state index contributed by atoms with van der Waals surface area (Å²) < 4.78 is 6.93. The molecule has 0 saturated carbocycles. The Morgan fingerprint density at radius 1 is 1.48 bits per heavy atom. The fourth-order valence-electron chi connectivity index (χ4n) is 3.03. The van der Waals surface area contributed by atoms with Crippen LogP contribution >= 0.6 is 15.9 Å². The number of guanidine groups is 1. The highest BCUT2D eigenvalue weighted by atomic mass is 79.9. The Morgan fingerprint density at radius 3 is 2.95 bits per heavy atom. The van der Waals surface area contributed by atoms with E-state index in [4.69, 9.17) is 4.74 Å². The van der Waals surface area contributed by atoms with Gasteiger partial charge < -0.3 is 15.4 Å². The quantitative estimate of drug-likeness (QED) is 0.814. The molecule has 2 N–H and O–H groups in total. The van der Waals surface area contributed by atoms with Gasteiger partial charge in [-0.05, 0) is 39.0 Å². The molecular weight excluding hydrogens is 334 g/mol. The largest absolute Gasteiger partial charge is 0.487 e. The smallest absolute Gasteiger partial charge is 0.279 e. The lowest BCUT2D eigenvalue weighted by Crippen LogP contribution is -2.56. The monoisotopic (exact) mass is 351 g/mol. The zero-order chi connectivity index (χ0) is 15.3. The van der Waals surface area contributed by atoms with Gasteiger partial charge in [-0.1, -0.05) is 15.9 Å². The maximum absolute atomic E-state index is 12.6. The molecule has 0 radical (unpaired) electrons. The van der Waals surface area contributed by atoms with E-state index in [1.54, 1.807) is 0 Å². The van der Waals surface area contributed by atoms with Crippen LogP contribution in [0.15, 0.2) is 27.7 Å². The first kappa shape index (κ1) is 14.4. The molecule has 0 saturated heterocycles. The predicted octanol–water partition coefficient (Wildman–Crippen LogP) is 2.30. The van der Waals surface area contributed by atoms with Gasteiger partial charge in [-0.15, -0.1) is 0 Å². The standard InChI is InChI=1S/C15H18BrN3O2/c1-4-17-13-18-12(20)15(19-13)8-14(2,3)21-11-6-5-9(16)7-10(11)15/h5-7H,4,8H2,1-3H3,(H2,17,18,19,20). The molecule has 0 fully saturated rings. The zero-order valence-corrected chi connectivity index (χ0v) is 13.9. The molecule has 6 heteroatoms. The van der Waals surface area contributed by atoms with Gasteiger partial charge in [0.15, 0.2) is 11.5 Å². The van der Waals surface area contributed by atoms with E-state index in [0.29, 0.717) is 18.9 Å². The number of amides is 1. The summed E-state index contributed by atoms with van der Waals surface area (Å²) in [5, 5.41) is 6.37. The van der Waals surface area contributed by atoms with E-state index < -0.39 is 11.1 Å². The van der Waals surface area contributed by atoms with Crippen molar-refractivity contribution < 1.29 is 9.53 Å². The fourth-order valence-corrected chi connectivity index (χ4v) is 3.39. The van der Waals surface area contributed by atoms with Crippen LogP contribution in [0.1, 0.15) is 32.8 Å². The van der Waals surface area contributed by atoms with E-state index in [-0.39, 0.29) is 5.91 Å². The molecule has 2 heterocycles. The van der Waals surface area contributed by atoms with Gasteiger partial charge in [-0.3, -0.25) is 4.79 Å². The van der Waals surface area contributed by atoms with Gasteiger partial charge in [0, 0.05) is 23.0 Å². The maximum Gasteiger partial charge on any atom is 0.279 e. The van der Waals surface area contributed by atoms with E-state index >= 15 is 0 Å². The lowest BCUT2D eigenvalue weighted by molar-refractivity contribution is -0.126. The van der Waals surface area contributed by atoms with E-state index in [1.165, 1.54) is 0 Å². The summed E-state index contributed by atoms with van der Waals surface area (Å²) in [4.78, 5) is 16.8. The number of nitrogens with zero attached hydrogens (tertiary/aromatic N) is 1. The molecule has 1 aromatic rings. The molecule has 1 unspecified atom stereocenters. The molecule has 2 aliphatic heterocycles. The molecule has 112 valence electrons. The molecule has 1 atom stereocenters. The number of fused-ring (bicyclic) bond motifs is 2. The number of rotatable bonds is 1. The highest BCUT2D eigenvalue weighted by Crippen LogP contribution is 2.46. The van der Waals surface area contributed by atoms with Gasteiger partial charge in [0.1, 0.15) is 11.4 Å². The first-order valence-electron chi connectivity index (χ1n) is 7.00. The van der Waals surface area contributed by atoms with Crippen LogP contribution in [0.4, 0.5) is 0 Å². The number of nitrogens with one attached hydrogen (secondary N) is 2. The minimum atomic E-state index is -0.849. The lowest BCUT2D eigenvalue weighted by atomic mass is 9.77. The molecular formula is C15H18BrN3O2. The van der Waals surface area contributed by atoms with E-state index in [0.717, 1.165) is 15.8 Å². The second kappa shape index (κ2) is 4.73. The van der Waals surface area contributed by atoms with Crippen molar-refractivity contribution in [2.45, 2.75) is 38.3 Å². The van der Waals surface area contributed by atoms with Gasteiger partial charge in [-0.2, -0.15) is 4.99 Å². The number of ether oxygens (including phenoxy) is 1. The van der Waals surface area contributed by atoms with Crippen molar-refractivity contribution in [3.63, 3.8) is 0 Å². The topological polar surface area (TPSA) is 62.7 Å². The Labute approximate surface area is 132 Å². The number of hydrogen-bond donors (Lipinski definition) is 2. The van der Waals surface area contributed by atoms with Crippen LogP contribution < -0.4 is 15.4 Å². The number of hydrogen-bond acceptors (Lipinski definition) is 4. The fraction of sp³-hybridized carbons (Fsp3) is 0.467. The summed E-state index contributed by atoms with van der Waals surface area (Å²) in [6.07, 6.45) is 0.528. The van der Waals surface area contributed by atoms with Crippen LogP contribution in [0.25, 0.3) is 0 Å². The molecule has 0 bridgehead atoms. The average molecular weight is 352 g/mol. The highest BCUT2D eigenvalue weighted by Gasteiger charge is 2.53. The Morgan fingerprint density at radius 2 is 2.24 bits per heavy atom. The van der Waals surface area contributed by atoms with Gasteiger partial charge in [-0.25, -0.2) is 0 Å². The number of carbonyl (C=O) groups is 1. The Bertz CT molecular complexity index is 642. The van der Waals surface area contributed by atoms with E-state index in [2.05, 4.69) is 31.6 Å². The van der Waals surface area contributed by atoms with Crippen LogP contribution in [0.3, 0.4) is 0 Å². The summed E-state index contributed by atoms with van der Waals surface area (Å²) in [6.45, 7) is 6.65. The molecule has 1 spiro atoms. The minimum absolute atomic E-state index is 0.172. The molecule has 5 nitrogen and oxygen atoms in total. The summed E-state index contributed by atoms with van der Waals surface area (Å²) in [5.41, 5.74) is -0.461. The minimum Gasteiger partial charge on any atom is -0.487 e. The maximum atomic E-state index is 12.6. The van der Waals surface area contributed by atoms with Crippen LogP contribution in [0.5, 0.6) is 5.75 Å². The van der Waals surface area contributed by atoms with Crippen LogP contribution in [-0.2, 0) is 10.3 Å². The van der Waals surface area contributed by atoms with Crippen molar-refractivity contribution in [1.29, 1.82) is 0 Å². The van der Waals surface area contributed by atoms with Gasteiger partial charge in [0.05, 0.1) is 0 Å². The van der Waals surface area contributed by atoms with Crippen LogP contribution in [0, 0.1) is 0 Å². The molecule has 1 amide bonds. The first-order valence-corrected chi connectivity index (χ1v) is 7.80. The molecule has 3 rings (SSSR count). The van der Waals surface area contributed by atoms with Crippen molar-refractivity contribution in [2.75, 3.05) is 6.54 Å². The van der Waals surface area contributed by atoms with E-state index in [1.807, 2.05) is 39.0 Å². The number of benzene rings is 1. The van der Waals surface area contributed by atoms with Crippen molar-refractivity contribution in [3.05, 3.63) is 28.2 Å². The Kier molecular flexibility index (Phi) is 3.24. The predicted molar refractivity (Wildman–Crippen MR) is 84.4 cm³/mol. The third-order valence-corrected chi connectivity index (χ3v) is 4.23. The highest BCUT2D eigenvalue weighted by molar-refractivity contribution is 9.10. The molecule has 0 aliphatic carbocycles. The van der Waals surface area contributed by atoms with E-state index in [9.17, 15) is 4.79 Å². The Balaban J connectivity index is 2.11. The van der Waals surface area contributed by atoms with Crippen molar-refractivity contribution >= 4 is 27.8 Å². The van der Waals surface area contributed by atoms with Crippen molar-refractivity contribution in [1.82, 2.24) is 10.6 Å². The summed E-state index contributed by atoms with van der Waals surface area (Å²) >= 11 is 3.47. The Hall–Kier alpha value is -1.56. The zero-order valence-electron chi connectivity index (χ0n) is 12.3. The van der Waals surface area contributed by atoms with Crippen molar-refractivity contribution in [3.8, 4) is 5.75 Å². The first-order chi connectivity index (χ1) is 9.86. The summed E-state index contributed by atoms with van der Waals surface area (Å²) in [6, 6.07) is 5.74. The molecule has 0 aromatic heterocycles. The van der Waals surface area contributed by atoms with Gasteiger partial charge in [0.2, 0.25) is 0 Å².